The summed E-state index contributed by atoms with van der Waals surface area (Å²) in [6, 6.07) is 0. The summed E-state index contributed by atoms with van der Waals surface area (Å²) in [5, 5.41) is 14.4. The molecule has 0 aromatic heterocycles. The van der Waals surface area contributed by atoms with Gasteiger partial charge < -0.3 is 5.11 Å². The third-order valence-electron chi connectivity index (χ3n) is 0.143. The number of hydrogen-bond donors (Lipinski definition) is 2. The summed E-state index contributed by atoms with van der Waals surface area (Å²) in [7, 11) is -3.54. The van der Waals surface area contributed by atoms with E-state index in [-0.39, 0.29) is 29.6 Å². The first kappa shape index (κ1) is 16.6. The van der Waals surface area contributed by atoms with Gasteiger partial charge in [0.1, 0.15) is 0 Å². The van der Waals surface area contributed by atoms with Gasteiger partial charge >= 0.3 is 46.2 Å². The Morgan fingerprint density at radius 1 is 1.50 bits per heavy atom. The molecule has 6 nitrogen and oxygen atoms in total. The number of aliphatic hydroxyl groups excluding tert-OH is 1. The summed E-state index contributed by atoms with van der Waals surface area (Å²) < 4.78 is 29.3. The molecule has 2 N–H and O–H groups in total. The van der Waals surface area contributed by atoms with E-state index >= 15 is 0 Å². The number of aliphatic hydroxyl groups is 1. The van der Waals surface area contributed by atoms with Gasteiger partial charge in [0.25, 0.3) is 0 Å². The van der Waals surface area contributed by atoms with Crippen molar-refractivity contribution in [3.63, 3.8) is 0 Å². The molecular formula is C2H6NNaO5S. The summed E-state index contributed by atoms with van der Waals surface area (Å²) in [6.07, 6.45) is 0.770. The van der Waals surface area contributed by atoms with E-state index in [0.29, 0.717) is 0 Å². The van der Waals surface area contributed by atoms with Gasteiger partial charge in [-0.15, -0.1) is 5.26 Å². The van der Waals surface area contributed by atoms with Crippen LogP contribution >= 0.6 is 0 Å². The van der Waals surface area contributed by atoms with E-state index in [9.17, 15) is 8.42 Å². The van der Waals surface area contributed by atoms with Crippen molar-refractivity contribution < 1.29 is 22.3 Å². The van der Waals surface area contributed by atoms with E-state index in [0.717, 1.165) is 13.4 Å². The topological polar surface area (TPSA) is 108 Å². The van der Waals surface area contributed by atoms with Crippen LogP contribution in [0.25, 0.3) is 0 Å². The fraction of sp³-hybridized carbons (Fsp3) is 0.500. The normalized spacial score (nSPS) is 7.40. The Morgan fingerprint density at radius 2 is 1.80 bits per heavy atom. The molecule has 0 fully saturated rings. The zero-order valence-electron chi connectivity index (χ0n) is 4.47. The van der Waals surface area contributed by atoms with Crippen molar-refractivity contribution in [2.75, 3.05) is 7.11 Å². The molecule has 0 saturated carbocycles. The Morgan fingerprint density at radius 3 is 1.80 bits per heavy atom. The van der Waals surface area contributed by atoms with Gasteiger partial charge in [0.15, 0.2) is 0 Å². The molecule has 0 aliphatic carbocycles. The second kappa shape index (κ2) is 9.16. The van der Waals surface area contributed by atoms with Crippen LogP contribution in [0, 0.1) is 11.5 Å². The molecule has 0 rings (SSSR count). The van der Waals surface area contributed by atoms with Gasteiger partial charge in [0.05, 0.1) is 0 Å². The molecule has 0 saturated heterocycles. The van der Waals surface area contributed by atoms with Crippen molar-refractivity contribution in [3.8, 4) is 6.26 Å². The SMILES string of the molecule is CO.N#COS(=O)(=O)O.[NaH]. The average Bonchev–Trinajstić information content (AvgIpc) is 1.69. The molecule has 0 radical (unpaired) electrons. The van der Waals surface area contributed by atoms with Crippen molar-refractivity contribution >= 4 is 40.0 Å². The summed E-state index contributed by atoms with van der Waals surface area (Å²) in [5.41, 5.74) is 0. The third-order valence-corrected chi connectivity index (χ3v) is 0.428. The van der Waals surface area contributed by atoms with Crippen molar-refractivity contribution in [1.29, 1.82) is 5.26 Å². The molecule has 0 amide bonds. The molecule has 56 valence electrons. The Bertz CT molecular complexity index is 180. The fourth-order valence-corrected chi connectivity index (χ4v) is 0.141. The molecule has 0 aliphatic heterocycles. The number of nitrogens with zero attached hydrogens (tertiary/aromatic N) is 1. The second-order valence-electron chi connectivity index (χ2n) is 0.602. The average molecular weight is 179 g/mol. The van der Waals surface area contributed by atoms with Crippen molar-refractivity contribution in [2.45, 2.75) is 0 Å². The van der Waals surface area contributed by atoms with Crippen LogP contribution in [0.15, 0.2) is 0 Å². The molecule has 0 aliphatic rings. The van der Waals surface area contributed by atoms with Gasteiger partial charge in [-0.3, -0.25) is 8.74 Å². The van der Waals surface area contributed by atoms with Gasteiger partial charge in [-0.1, -0.05) is 0 Å². The molecule has 0 aromatic carbocycles. The van der Waals surface area contributed by atoms with Gasteiger partial charge in [0.2, 0.25) is 0 Å². The van der Waals surface area contributed by atoms with E-state index in [1.54, 1.807) is 0 Å². The summed E-state index contributed by atoms with van der Waals surface area (Å²) in [6.45, 7) is 0. The monoisotopic (exact) mass is 179 g/mol. The predicted molar refractivity (Wildman–Crippen MR) is 33.5 cm³/mol. The third kappa shape index (κ3) is 24.2. The van der Waals surface area contributed by atoms with Crippen molar-refractivity contribution in [1.82, 2.24) is 0 Å². The van der Waals surface area contributed by atoms with Crippen molar-refractivity contribution in [3.05, 3.63) is 0 Å². The Hall–Kier alpha value is 0.160. The fourth-order valence-electron chi connectivity index (χ4n) is 0.0471. The molecule has 8 heteroatoms. The first-order valence-electron chi connectivity index (χ1n) is 1.56. The predicted octanol–water partition coefficient (Wildman–Crippen LogP) is -1.75. The van der Waals surface area contributed by atoms with Crippen LogP contribution in [0.1, 0.15) is 0 Å². The van der Waals surface area contributed by atoms with Crippen LogP contribution in [0.5, 0.6) is 0 Å². The van der Waals surface area contributed by atoms with E-state index in [1.165, 1.54) is 0 Å². The van der Waals surface area contributed by atoms with E-state index in [1.807, 2.05) is 0 Å². The van der Waals surface area contributed by atoms with Crippen LogP contribution < -0.4 is 0 Å². The van der Waals surface area contributed by atoms with Crippen LogP contribution in [-0.2, 0) is 14.6 Å². The first-order chi connectivity index (χ1) is 4.06. The molecule has 0 atom stereocenters. The van der Waals surface area contributed by atoms with Crippen LogP contribution in [0.3, 0.4) is 0 Å². The molecule has 0 heterocycles. The molecule has 0 spiro atoms. The first-order valence-corrected chi connectivity index (χ1v) is 2.92. The number of hydrogen-bond acceptors (Lipinski definition) is 5. The van der Waals surface area contributed by atoms with Gasteiger partial charge in [-0.25, -0.2) is 0 Å². The van der Waals surface area contributed by atoms with E-state index < -0.39 is 10.4 Å². The van der Waals surface area contributed by atoms with Gasteiger partial charge in [0, 0.05) is 7.11 Å². The van der Waals surface area contributed by atoms with Gasteiger partial charge in [-0.05, 0) is 0 Å². The summed E-state index contributed by atoms with van der Waals surface area (Å²) in [5.74, 6) is 0. The minimum absolute atomic E-state index is 0. The molecular weight excluding hydrogens is 173 g/mol. The molecule has 0 unspecified atom stereocenters. The zero-order chi connectivity index (χ0) is 7.91. The zero-order valence-corrected chi connectivity index (χ0v) is 5.29. The van der Waals surface area contributed by atoms with Crippen LogP contribution in [0.2, 0.25) is 0 Å². The minimum atomic E-state index is -4.54. The molecule has 0 bridgehead atoms. The molecule has 10 heavy (non-hydrogen) atoms. The molecule has 0 aromatic rings. The number of nitriles is 1. The Kier molecular flexibility index (Phi) is 15.2. The Balaban J connectivity index is -0.000000149. The number of rotatable bonds is 1. The van der Waals surface area contributed by atoms with Crippen LogP contribution in [0.4, 0.5) is 0 Å². The summed E-state index contributed by atoms with van der Waals surface area (Å²) in [4.78, 5) is 0. The van der Waals surface area contributed by atoms with Gasteiger partial charge in [-0.2, -0.15) is 8.42 Å². The van der Waals surface area contributed by atoms with E-state index in [4.69, 9.17) is 14.9 Å². The van der Waals surface area contributed by atoms with Crippen molar-refractivity contribution in [2.24, 2.45) is 0 Å². The Labute approximate surface area is 80.7 Å². The quantitative estimate of drug-likeness (QED) is 0.280. The second-order valence-corrected chi connectivity index (χ2v) is 1.62. The maximum absolute atomic E-state index is 9.34. The van der Waals surface area contributed by atoms with E-state index in [2.05, 4.69) is 4.18 Å². The standard InChI is InChI=1S/CHNO4S.CH4O.Na.H/c2-1-6-7(3,4)5;1-2;;/h(H,3,4,5);2H,1H3;;. The summed E-state index contributed by atoms with van der Waals surface area (Å²) >= 11 is 0. The van der Waals surface area contributed by atoms with Crippen LogP contribution in [-0.4, -0.2) is 54.7 Å². The maximum atomic E-state index is 9.34.